The van der Waals surface area contributed by atoms with E-state index in [-0.39, 0.29) is 17.2 Å². The number of aromatic nitrogens is 1. The van der Waals surface area contributed by atoms with E-state index in [1.165, 1.54) is 12.1 Å². The number of aliphatic imine (C=N–C) groups is 1. The van der Waals surface area contributed by atoms with Crippen molar-refractivity contribution in [2.24, 2.45) is 4.99 Å². The van der Waals surface area contributed by atoms with E-state index in [0.717, 1.165) is 34.5 Å². The van der Waals surface area contributed by atoms with Crippen LogP contribution in [0.25, 0.3) is 10.2 Å². The van der Waals surface area contributed by atoms with Gasteiger partial charge in [-0.2, -0.15) is 0 Å². The molecular weight excluding hydrogens is 432 g/mol. The van der Waals surface area contributed by atoms with Crippen molar-refractivity contribution in [1.29, 1.82) is 0 Å². The van der Waals surface area contributed by atoms with Crippen molar-refractivity contribution < 1.29 is 13.2 Å². The van der Waals surface area contributed by atoms with Crippen molar-refractivity contribution in [2.45, 2.75) is 43.4 Å². The maximum absolute atomic E-state index is 12.7. The van der Waals surface area contributed by atoms with Crippen LogP contribution in [0.1, 0.15) is 37.1 Å². The van der Waals surface area contributed by atoms with Crippen LogP contribution in [0.2, 0.25) is 0 Å². The van der Waals surface area contributed by atoms with Gasteiger partial charge in [0.25, 0.3) is 10.0 Å². The summed E-state index contributed by atoms with van der Waals surface area (Å²) in [5.74, 6) is 0.317. The Bertz CT molecular complexity index is 1190. The van der Waals surface area contributed by atoms with Gasteiger partial charge in [0.15, 0.2) is 0 Å². The summed E-state index contributed by atoms with van der Waals surface area (Å²) in [7, 11) is -3.74. The minimum atomic E-state index is -3.74. The number of fused-ring (bicyclic) bond motifs is 1. The third kappa shape index (κ3) is 5.68. The van der Waals surface area contributed by atoms with Gasteiger partial charge in [0.1, 0.15) is 5.84 Å². The van der Waals surface area contributed by atoms with Crippen LogP contribution in [0.5, 0.6) is 0 Å². The van der Waals surface area contributed by atoms with Crippen molar-refractivity contribution in [3.8, 4) is 0 Å². The fourth-order valence-electron chi connectivity index (χ4n) is 3.38. The van der Waals surface area contributed by atoms with Crippen molar-refractivity contribution in [3.63, 3.8) is 0 Å². The number of benzene rings is 2. The lowest BCUT2D eigenvalue weighted by molar-refractivity contribution is -0.116. The van der Waals surface area contributed by atoms with E-state index < -0.39 is 10.0 Å². The van der Waals surface area contributed by atoms with Gasteiger partial charge >= 0.3 is 0 Å². The Hall–Kier alpha value is -2.78. The minimum Gasteiger partial charge on any atom is -0.326 e. The Morgan fingerprint density at radius 3 is 2.81 bits per heavy atom. The molecule has 0 bridgehead atoms. The number of carbonyl (C=O) groups excluding carboxylic acids is 1. The molecule has 4 rings (SSSR count). The number of thiazole rings is 1. The van der Waals surface area contributed by atoms with Gasteiger partial charge in [-0.05, 0) is 43.2 Å². The summed E-state index contributed by atoms with van der Waals surface area (Å²) in [6, 6.07) is 14.1. The number of nitrogens with zero attached hydrogens (tertiary/aromatic N) is 2. The van der Waals surface area contributed by atoms with Gasteiger partial charge in [0.2, 0.25) is 5.91 Å². The number of hydrogen-bond acceptors (Lipinski definition) is 6. The largest absolute Gasteiger partial charge is 0.326 e. The number of amidine groups is 1. The monoisotopic (exact) mass is 456 g/mol. The lowest BCUT2D eigenvalue weighted by atomic mass is 10.2. The number of para-hydroxylation sites is 1. The minimum absolute atomic E-state index is 0.100. The van der Waals surface area contributed by atoms with Crippen molar-refractivity contribution >= 4 is 49.0 Å². The zero-order valence-electron chi connectivity index (χ0n) is 17.0. The SMILES string of the molecule is O=C(CCc1nc2ccccc2s1)Nc1cccc(S(=O)(=O)NC2=NCCCCC2)c1. The van der Waals surface area contributed by atoms with Gasteiger partial charge in [-0.3, -0.25) is 14.5 Å². The number of sulfonamides is 1. The molecule has 2 aromatic carbocycles. The van der Waals surface area contributed by atoms with Crippen molar-refractivity contribution in [3.05, 3.63) is 53.5 Å². The first-order valence-electron chi connectivity index (χ1n) is 10.3. The zero-order valence-corrected chi connectivity index (χ0v) is 18.6. The number of aryl methyl sites for hydroxylation is 1. The van der Waals surface area contributed by atoms with E-state index in [1.54, 1.807) is 23.5 Å². The molecule has 0 atom stereocenters. The molecule has 31 heavy (non-hydrogen) atoms. The molecule has 0 radical (unpaired) electrons. The molecule has 1 aliphatic rings. The molecule has 1 amide bonds. The second kappa shape index (κ2) is 9.57. The molecule has 0 aliphatic carbocycles. The third-order valence-corrected chi connectivity index (χ3v) is 7.43. The summed E-state index contributed by atoms with van der Waals surface area (Å²) in [6.45, 7) is 0.641. The lowest BCUT2D eigenvalue weighted by Crippen LogP contribution is -2.30. The van der Waals surface area contributed by atoms with Gasteiger partial charge in [-0.1, -0.05) is 24.6 Å². The number of rotatable bonds is 6. The molecule has 9 heteroatoms. The Balaban J connectivity index is 1.38. The summed E-state index contributed by atoms with van der Waals surface area (Å²) < 4.78 is 29.2. The third-order valence-electron chi connectivity index (χ3n) is 4.96. The Morgan fingerprint density at radius 1 is 1.06 bits per heavy atom. The highest BCUT2D eigenvalue weighted by Gasteiger charge is 2.18. The van der Waals surface area contributed by atoms with E-state index in [9.17, 15) is 13.2 Å². The van der Waals surface area contributed by atoms with E-state index in [1.807, 2.05) is 24.3 Å². The average Bonchev–Trinajstić information content (AvgIpc) is 3.01. The standard InChI is InChI=1S/C22H24N4O3S2/c27-21(12-13-22-25-18-9-3-4-10-19(18)30-22)24-16-7-6-8-17(15-16)31(28,29)26-20-11-2-1-5-14-23-20/h3-4,6-10,15H,1-2,5,11-14H2,(H,23,26)(H,24,27). The second-order valence-corrected chi connectivity index (χ2v) is 10.2. The Kier molecular flexibility index (Phi) is 6.62. The van der Waals surface area contributed by atoms with Crippen LogP contribution in [-0.4, -0.2) is 31.7 Å². The predicted molar refractivity (Wildman–Crippen MR) is 124 cm³/mol. The lowest BCUT2D eigenvalue weighted by Gasteiger charge is -2.11. The summed E-state index contributed by atoms with van der Waals surface area (Å²) in [5, 5.41) is 3.69. The molecule has 2 heterocycles. The zero-order chi connectivity index (χ0) is 21.7. The highest BCUT2D eigenvalue weighted by Crippen LogP contribution is 2.23. The molecule has 1 aliphatic heterocycles. The molecule has 0 saturated carbocycles. The highest BCUT2D eigenvalue weighted by atomic mass is 32.2. The van der Waals surface area contributed by atoms with E-state index in [0.29, 0.717) is 30.9 Å². The van der Waals surface area contributed by atoms with Gasteiger partial charge in [-0.25, -0.2) is 13.4 Å². The molecule has 0 unspecified atom stereocenters. The fraction of sp³-hybridized carbons (Fsp3) is 0.318. The number of anilines is 1. The van der Waals surface area contributed by atoms with Crippen LogP contribution in [-0.2, 0) is 21.2 Å². The quantitative estimate of drug-likeness (QED) is 0.583. The number of amides is 1. The van der Waals surface area contributed by atoms with E-state index in [4.69, 9.17) is 0 Å². The maximum Gasteiger partial charge on any atom is 0.262 e. The van der Waals surface area contributed by atoms with Gasteiger partial charge in [0, 0.05) is 31.5 Å². The Morgan fingerprint density at radius 2 is 1.94 bits per heavy atom. The molecule has 2 N–H and O–H groups in total. The van der Waals surface area contributed by atoms with Crippen LogP contribution in [0, 0.1) is 0 Å². The summed E-state index contributed by atoms with van der Waals surface area (Å²) in [6.07, 6.45) is 4.38. The molecule has 0 fully saturated rings. The Labute approximate surface area is 185 Å². The van der Waals surface area contributed by atoms with Gasteiger partial charge in [0.05, 0.1) is 20.1 Å². The molecule has 1 aromatic heterocycles. The maximum atomic E-state index is 12.7. The highest BCUT2D eigenvalue weighted by molar-refractivity contribution is 7.90. The van der Waals surface area contributed by atoms with Crippen LogP contribution in [0.15, 0.2) is 58.4 Å². The normalized spacial score (nSPS) is 14.6. The first-order chi connectivity index (χ1) is 15.0. The molecule has 7 nitrogen and oxygen atoms in total. The van der Waals surface area contributed by atoms with Gasteiger partial charge in [-0.15, -0.1) is 11.3 Å². The summed E-state index contributed by atoms with van der Waals surface area (Å²) >= 11 is 1.58. The molecule has 0 saturated heterocycles. The van der Waals surface area contributed by atoms with Crippen LogP contribution in [0.3, 0.4) is 0 Å². The smallest absolute Gasteiger partial charge is 0.262 e. The number of nitrogens with one attached hydrogen (secondary N) is 2. The number of carbonyl (C=O) groups is 1. The molecular formula is C22H24N4O3S2. The van der Waals surface area contributed by atoms with Crippen LogP contribution < -0.4 is 10.0 Å². The molecule has 162 valence electrons. The first kappa shape index (κ1) is 21.5. The predicted octanol–water partition coefficient (Wildman–Crippen LogP) is 4.12. The summed E-state index contributed by atoms with van der Waals surface area (Å²) in [5.41, 5.74) is 1.38. The summed E-state index contributed by atoms with van der Waals surface area (Å²) in [4.78, 5) is 21.4. The van der Waals surface area contributed by atoms with E-state index in [2.05, 4.69) is 20.0 Å². The van der Waals surface area contributed by atoms with Crippen molar-refractivity contribution in [1.82, 2.24) is 9.71 Å². The molecule has 0 spiro atoms. The van der Waals surface area contributed by atoms with Gasteiger partial charge < -0.3 is 5.32 Å². The topological polar surface area (TPSA) is 101 Å². The van der Waals surface area contributed by atoms with Crippen LogP contribution >= 0.6 is 11.3 Å². The van der Waals surface area contributed by atoms with Crippen molar-refractivity contribution in [2.75, 3.05) is 11.9 Å². The average molecular weight is 457 g/mol. The number of hydrogen-bond donors (Lipinski definition) is 2. The van der Waals surface area contributed by atoms with Crippen LogP contribution in [0.4, 0.5) is 5.69 Å². The molecule has 3 aromatic rings. The first-order valence-corrected chi connectivity index (χ1v) is 12.6. The fourth-order valence-corrected chi connectivity index (χ4v) is 5.48. The second-order valence-electron chi connectivity index (χ2n) is 7.40. The van der Waals surface area contributed by atoms with E-state index >= 15 is 0 Å².